The molecule has 0 aliphatic carbocycles. The molecule has 0 saturated heterocycles. The van der Waals surface area contributed by atoms with E-state index in [1.807, 2.05) is 0 Å². The maximum absolute atomic E-state index is 12.8. The lowest BCUT2D eigenvalue weighted by molar-refractivity contribution is -0.889. The Balaban J connectivity index is 4.19. The van der Waals surface area contributed by atoms with Gasteiger partial charge in [-0.25, -0.2) is 0 Å². The Morgan fingerprint density at radius 1 is 0.500 bits per heavy atom. The van der Waals surface area contributed by atoms with Gasteiger partial charge in [0.15, 0.2) is 6.10 Å². The van der Waals surface area contributed by atoms with Crippen molar-refractivity contribution < 1.29 is 38.2 Å². The van der Waals surface area contributed by atoms with Gasteiger partial charge in [-0.05, 0) is 44.9 Å². The summed E-state index contributed by atoms with van der Waals surface area (Å²) < 4.78 is 17.2. The SMILES string of the molecule is CC/C=C/C/C=C/C/C=C/CCCCCCCCC(=O)OC(COCCC(C(=O)[O-])[N+](C)(C)C)COC(=O)CCCCCCCCCCCCCCCCCCCCCCCC. The van der Waals surface area contributed by atoms with E-state index >= 15 is 0 Å². The molecular formula is C54H99NO7. The lowest BCUT2D eigenvalue weighted by Crippen LogP contribution is -2.55. The van der Waals surface area contributed by atoms with Gasteiger partial charge in [-0.3, -0.25) is 9.59 Å². The zero-order valence-corrected chi connectivity index (χ0v) is 41.3. The summed E-state index contributed by atoms with van der Waals surface area (Å²) in [6.07, 6.45) is 53.2. The summed E-state index contributed by atoms with van der Waals surface area (Å²) in [6, 6.07) is -0.727. The van der Waals surface area contributed by atoms with E-state index < -0.39 is 18.1 Å². The minimum atomic E-state index is -1.13. The average Bonchev–Trinajstić information content (AvgIpc) is 3.23. The maximum atomic E-state index is 12.8. The highest BCUT2D eigenvalue weighted by Gasteiger charge is 2.25. The number of unbranched alkanes of at least 4 members (excludes halogenated alkanes) is 27. The molecule has 0 aliphatic heterocycles. The fraction of sp³-hybridized carbons (Fsp3) is 0.833. The third-order valence-electron chi connectivity index (χ3n) is 11.8. The van der Waals surface area contributed by atoms with Gasteiger partial charge in [0.2, 0.25) is 0 Å². The minimum absolute atomic E-state index is 0.0381. The number of hydrogen-bond donors (Lipinski definition) is 0. The standard InChI is InChI=1S/C54H99NO7/c1-6-8-10-12-14-16-18-20-22-24-25-26-27-28-29-31-32-34-36-38-40-42-44-52(56)61-49-50(48-60-47-46-51(54(58)59)55(3,4)5)62-53(57)45-43-41-39-37-35-33-30-23-21-19-17-15-13-11-9-7-2/h9,11,15,17,21,23,50-51H,6-8,10,12-14,16,18-20,22,24-49H2,1-5H3/b11-9+,17-15+,23-21+. The third-order valence-corrected chi connectivity index (χ3v) is 11.8. The Kier molecular flexibility index (Phi) is 43.3. The van der Waals surface area contributed by atoms with Crippen LogP contribution >= 0.6 is 0 Å². The molecule has 2 atom stereocenters. The van der Waals surface area contributed by atoms with E-state index in [-0.39, 0.29) is 42.7 Å². The van der Waals surface area contributed by atoms with Gasteiger partial charge in [0.25, 0.3) is 0 Å². The summed E-state index contributed by atoms with van der Waals surface area (Å²) in [5.41, 5.74) is 0. The molecule has 0 rings (SSSR count). The summed E-state index contributed by atoms with van der Waals surface area (Å²) >= 11 is 0. The Bertz CT molecular complexity index is 1110. The molecule has 0 radical (unpaired) electrons. The Morgan fingerprint density at radius 3 is 1.34 bits per heavy atom. The number of esters is 2. The van der Waals surface area contributed by atoms with E-state index in [1.165, 1.54) is 135 Å². The van der Waals surface area contributed by atoms with Gasteiger partial charge in [-0.2, -0.15) is 0 Å². The van der Waals surface area contributed by atoms with Crippen LogP contribution in [0, 0.1) is 0 Å². The van der Waals surface area contributed by atoms with Crippen molar-refractivity contribution in [2.75, 3.05) is 41.0 Å². The molecular weight excluding hydrogens is 775 g/mol. The summed E-state index contributed by atoms with van der Waals surface area (Å²) in [7, 11) is 5.42. The van der Waals surface area contributed by atoms with Crippen LogP contribution < -0.4 is 5.11 Å². The number of ether oxygens (including phenoxy) is 3. The van der Waals surface area contributed by atoms with E-state index in [0.29, 0.717) is 12.8 Å². The van der Waals surface area contributed by atoms with Crippen LogP contribution in [0.25, 0.3) is 0 Å². The molecule has 362 valence electrons. The number of carbonyl (C=O) groups excluding carboxylic acids is 3. The van der Waals surface area contributed by atoms with Crippen molar-refractivity contribution in [3.05, 3.63) is 36.5 Å². The zero-order valence-electron chi connectivity index (χ0n) is 41.3. The summed E-state index contributed by atoms with van der Waals surface area (Å²) in [4.78, 5) is 37.0. The van der Waals surface area contributed by atoms with Crippen LogP contribution in [0.1, 0.15) is 239 Å². The number of rotatable bonds is 47. The van der Waals surface area contributed by atoms with E-state index in [4.69, 9.17) is 14.2 Å². The van der Waals surface area contributed by atoms with Crippen molar-refractivity contribution in [3.8, 4) is 0 Å². The number of nitrogens with zero attached hydrogens (tertiary/aromatic N) is 1. The minimum Gasteiger partial charge on any atom is -0.544 e. The lowest BCUT2D eigenvalue weighted by atomic mass is 10.0. The first-order valence-corrected chi connectivity index (χ1v) is 26.0. The molecule has 8 nitrogen and oxygen atoms in total. The van der Waals surface area contributed by atoms with E-state index in [9.17, 15) is 19.5 Å². The molecule has 62 heavy (non-hydrogen) atoms. The molecule has 0 aromatic rings. The Morgan fingerprint density at radius 2 is 0.903 bits per heavy atom. The molecule has 0 spiro atoms. The number of carbonyl (C=O) groups is 3. The van der Waals surface area contributed by atoms with E-state index in [2.05, 4.69) is 50.3 Å². The van der Waals surface area contributed by atoms with Crippen molar-refractivity contribution >= 4 is 17.9 Å². The molecule has 0 aromatic carbocycles. The van der Waals surface area contributed by atoms with Crippen molar-refractivity contribution in [1.82, 2.24) is 0 Å². The number of carboxylic acids is 1. The predicted molar refractivity (Wildman–Crippen MR) is 259 cm³/mol. The van der Waals surface area contributed by atoms with Gasteiger partial charge in [-0.1, -0.05) is 211 Å². The topological polar surface area (TPSA) is 102 Å². The highest BCUT2D eigenvalue weighted by Crippen LogP contribution is 2.17. The molecule has 0 amide bonds. The molecule has 0 N–H and O–H groups in total. The average molecular weight is 874 g/mol. The Labute approximate surface area is 383 Å². The van der Waals surface area contributed by atoms with Crippen LogP contribution in [0.4, 0.5) is 0 Å². The van der Waals surface area contributed by atoms with Crippen LogP contribution in [0.3, 0.4) is 0 Å². The first-order chi connectivity index (χ1) is 30.1. The summed E-state index contributed by atoms with van der Waals surface area (Å²) in [5.74, 6) is -1.74. The number of quaternary nitrogens is 1. The van der Waals surface area contributed by atoms with Gasteiger partial charge in [0.1, 0.15) is 12.6 Å². The van der Waals surface area contributed by atoms with E-state index in [0.717, 1.165) is 70.6 Å². The van der Waals surface area contributed by atoms with Crippen LogP contribution in [-0.4, -0.2) is 75.5 Å². The van der Waals surface area contributed by atoms with Gasteiger partial charge in [0, 0.05) is 19.3 Å². The van der Waals surface area contributed by atoms with Crippen molar-refractivity contribution in [1.29, 1.82) is 0 Å². The highest BCUT2D eigenvalue weighted by atomic mass is 16.6. The second kappa shape index (κ2) is 45.1. The number of likely N-dealkylation sites (N-methyl/N-ethyl adjacent to an activating group) is 1. The molecule has 0 aromatic heterocycles. The normalized spacial score (nSPS) is 13.1. The number of hydrogen-bond acceptors (Lipinski definition) is 7. The van der Waals surface area contributed by atoms with Crippen molar-refractivity contribution in [2.24, 2.45) is 0 Å². The largest absolute Gasteiger partial charge is 0.544 e. The van der Waals surface area contributed by atoms with E-state index in [1.54, 1.807) is 21.1 Å². The second-order valence-corrected chi connectivity index (χ2v) is 18.7. The van der Waals surface area contributed by atoms with Crippen molar-refractivity contribution in [3.63, 3.8) is 0 Å². The fourth-order valence-corrected chi connectivity index (χ4v) is 7.79. The second-order valence-electron chi connectivity index (χ2n) is 18.7. The van der Waals surface area contributed by atoms with Crippen LogP contribution in [-0.2, 0) is 28.6 Å². The zero-order chi connectivity index (χ0) is 45.6. The molecule has 0 fully saturated rings. The number of allylic oxidation sites excluding steroid dienone is 6. The van der Waals surface area contributed by atoms with Crippen LogP contribution in [0.5, 0.6) is 0 Å². The molecule has 0 bridgehead atoms. The molecule has 0 saturated carbocycles. The monoisotopic (exact) mass is 874 g/mol. The summed E-state index contributed by atoms with van der Waals surface area (Å²) in [5, 5.41) is 11.7. The van der Waals surface area contributed by atoms with Crippen LogP contribution in [0.2, 0.25) is 0 Å². The van der Waals surface area contributed by atoms with Crippen LogP contribution in [0.15, 0.2) is 36.5 Å². The first kappa shape index (κ1) is 59.5. The number of carboxylic acid groups (broad SMARTS) is 1. The highest BCUT2D eigenvalue weighted by molar-refractivity contribution is 5.70. The third kappa shape index (κ3) is 42.8. The lowest BCUT2D eigenvalue weighted by Gasteiger charge is -2.34. The fourth-order valence-electron chi connectivity index (χ4n) is 7.79. The predicted octanol–water partition coefficient (Wildman–Crippen LogP) is 13.6. The maximum Gasteiger partial charge on any atom is 0.306 e. The van der Waals surface area contributed by atoms with Gasteiger partial charge >= 0.3 is 11.9 Å². The van der Waals surface area contributed by atoms with Gasteiger partial charge in [-0.15, -0.1) is 0 Å². The van der Waals surface area contributed by atoms with Crippen molar-refractivity contribution in [2.45, 2.75) is 251 Å². The molecule has 0 heterocycles. The van der Waals surface area contributed by atoms with Gasteiger partial charge in [0.05, 0.1) is 40.3 Å². The molecule has 8 heteroatoms. The number of aliphatic carboxylic acids is 1. The smallest absolute Gasteiger partial charge is 0.306 e. The molecule has 2 unspecified atom stereocenters. The van der Waals surface area contributed by atoms with Gasteiger partial charge < -0.3 is 28.6 Å². The molecule has 0 aliphatic rings. The Hall–Kier alpha value is -2.45. The quantitative estimate of drug-likeness (QED) is 0.0260. The summed E-state index contributed by atoms with van der Waals surface area (Å²) in [6.45, 7) is 4.57. The first-order valence-electron chi connectivity index (χ1n) is 26.0.